The molecule has 0 bridgehead atoms. The third kappa shape index (κ3) is 5.85. The molecule has 0 spiro atoms. The van der Waals surface area contributed by atoms with Crippen LogP contribution in [0, 0.1) is 5.92 Å². The number of carboxylic acids is 1. The third-order valence-electron chi connectivity index (χ3n) is 2.44. The van der Waals surface area contributed by atoms with E-state index in [9.17, 15) is 9.59 Å². The molecule has 21 heavy (non-hydrogen) atoms. The molecule has 1 heterocycles. The molecule has 0 aliphatic carbocycles. The standard InChI is InChI=1S/C14H22N2O5/c1-8(2)6-9(16-13(19)21-14(3,4)5)11-15-10(7-20-11)12(17)18/h7-9H,6H2,1-5H3,(H,16,19)(H,17,18)/t9-/m0/s1. The minimum atomic E-state index is -1.18. The Hall–Kier alpha value is -2.05. The van der Waals surface area contributed by atoms with Crippen LogP contribution >= 0.6 is 0 Å². The maximum absolute atomic E-state index is 11.8. The second kappa shape index (κ2) is 6.60. The van der Waals surface area contributed by atoms with Crippen LogP contribution < -0.4 is 5.32 Å². The van der Waals surface area contributed by atoms with Crippen LogP contribution in [0.15, 0.2) is 10.7 Å². The van der Waals surface area contributed by atoms with Gasteiger partial charge in [0.15, 0.2) is 5.69 Å². The van der Waals surface area contributed by atoms with Crippen molar-refractivity contribution >= 4 is 12.1 Å². The Morgan fingerprint density at radius 3 is 2.48 bits per heavy atom. The fourth-order valence-corrected chi connectivity index (χ4v) is 1.69. The smallest absolute Gasteiger partial charge is 0.408 e. The summed E-state index contributed by atoms with van der Waals surface area (Å²) in [5, 5.41) is 11.5. The van der Waals surface area contributed by atoms with E-state index in [4.69, 9.17) is 14.3 Å². The molecule has 0 aromatic carbocycles. The van der Waals surface area contributed by atoms with Gasteiger partial charge in [-0.15, -0.1) is 0 Å². The number of nitrogens with zero attached hydrogens (tertiary/aromatic N) is 1. The number of carbonyl (C=O) groups excluding carboxylic acids is 1. The number of aromatic carboxylic acids is 1. The van der Waals surface area contributed by atoms with Crippen molar-refractivity contribution in [3.63, 3.8) is 0 Å². The zero-order valence-corrected chi connectivity index (χ0v) is 13.0. The molecule has 0 unspecified atom stereocenters. The predicted molar refractivity (Wildman–Crippen MR) is 75.0 cm³/mol. The molecule has 0 fully saturated rings. The monoisotopic (exact) mass is 298 g/mol. The number of carboxylic acid groups (broad SMARTS) is 1. The minimum Gasteiger partial charge on any atom is -0.476 e. The van der Waals surface area contributed by atoms with Crippen LogP contribution in [0.2, 0.25) is 0 Å². The third-order valence-corrected chi connectivity index (χ3v) is 2.44. The molecule has 7 heteroatoms. The van der Waals surface area contributed by atoms with Gasteiger partial charge in [-0.25, -0.2) is 14.6 Å². The molecule has 0 aliphatic heterocycles. The Kier molecular flexibility index (Phi) is 5.34. The zero-order chi connectivity index (χ0) is 16.2. The Morgan fingerprint density at radius 1 is 1.43 bits per heavy atom. The molecule has 118 valence electrons. The van der Waals surface area contributed by atoms with Gasteiger partial charge in [0.1, 0.15) is 17.9 Å². The molecular weight excluding hydrogens is 276 g/mol. The van der Waals surface area contributed by atoms with Crippen LogP contribution in [-0.4, -0.2) is 27.8 Å². The van der Waals surface area contributed by atoms with Gasteiger partial charge < -0.3 is 19.6 Å². The highest BCUT2D eigenvalue weighted by molar-refractivity contribution is 5.84. The topological polar surface area (TPSA) is 102 Å². The number of ether oxygens (including phenoxy) is 1. The highest BCUT2D eigenvalue weighted by Crippen LogP contribution is 2.21. The fraction of sp³-hybridized carbons (Fsp3) is 0.643. The van der Waals surface area contributed by atoms with Crippen molar-refractivity contribution in [1.29, 1.82) is 0 Å². The Balaban J connectivity index is 2.84. The number of rotatable bonds is 5. The Labute approximate surface area is 123 Å². The maximum Gasteiger partial charge on any atom is 0.408 e. The number of hydrogen-bond acceptors (Lipinski definition) is 5. The molecule has 1 aromatic rings. The van der Waals surface area contributed by atoms with Crippen molar-refractivity contribution in [2.24, 2.45) is 5.92 Å². The Bertz CT molecular complexity index is 502. The molecule has 1 amide bonds. The van der Waals surface area contributed by atoms with E-state index in [0.29, 0.717) is 6.42 Å². The molecule has 7 nitrogen and oxygen atoms in total. The summed E-state index contributed by atoms with van der Waals surface area (Å²) in [6.45, 7) is 9.24. The second-order valence-corrected chi connectivity index (χ2v) is 6.20. The van der Waals surface area contributed by atoms with Crippen LogP contribution in [0.3, 0.4) is 0 Å². The van der Waals surface area contributed by atoms with E-state index in [1.54, 1.807) is 20.8 Å². The van der Waals surface area contributed by atoms with Crippen LogP contribution in [0.1, 0.15) is 63.5 Å². The number of nitrogens with one attached hydrogen (secondary N) is 1. The summed E-state index contributed by atoms with van der Waals surface area (Å²) >= 11 is 0. The van der Waals surface area contributed by atoms with Gasteiger partial charge in [-0.3, -0.25) is 0 Å². The van der Waals surface area contributed by atoms with E-state index >= 15 is 0 Å². The Morgan fingerprint density at radius 2 is 2.05 bits per heavy atom. The lowest BCUT2D eigenvalue weighted by Crippen LogP contribution is -2.35. The van der Waals surface area contributed by atoms with Crippen molar-refractivity contribution in [1.82, 2.24) is 10.3 Å². The van der Waals surface area contributed by atoms with Crippen LogP contribution in [-0.2, 0) is 4.74 Å². The van der Waals surface area contributed by atoms with E-state index in [0.717, 1.165) is 6.26 Å². The number of hydrogen-bond donors (Lipinski definition) is 2. The van der Waals surface area contributed by atoms with Crippen LogP contribution in [0.5, 0.6) is 0 Å². The fourth-order valence-electron chi connectivity index (χ4n) is 1.69. The zero-order valence-electron chi connectivity index (χ0n) is 13.0. The largest absolute Gasteiger partial charge is 0.476 e. The normalized spacial score (nSPS) is 13.0. The van der Waals surface area contributed by atoms with Crippen LogP contribution in [0.25, 0.3) is 0 Å². The predicted octanol–water partition coefficient (Wildman–Crippen LogP) is 2.98. The second-order valence-electron chi connectivity index (χ2n) is 6.20. The van der Waals surface area contributed by atoms with Gasteiger partial charge in [0.05, 0.1) is 0 Å². The molecule has 0 aliphatic rings. The lowest BCUT2D eigenvalue weighted by atomic mass is 10.0. The quantitative estimate of drug-likeness (QED) is 0.866. The summed E-state index contributed by atoms with van der Waals surface area (Å²) in [6, 6.07) is -0.534. The first-order valence-corrected chi connectivity index (χ1v) is 6.76. The van der Waals surface area contributed by atoms with E-state index in [2.05, 4.69) is 10.3 Å². The van der Waals surface area contributed by atoms with E-state index in [-0.39, 0.29) is 17.5 Å². The number of carbonyl (C=O) groups is 2. The average molecular weight is 298 g/mol. The van der Waals surface area contributed by atoms with Crippen molar-refractivity contribution < 1.29 is 23.8 Å². The van der Waals surface area contributed by atoms with E-state index in [1.807, 2.05) is 13.8 Å². The summed E-state index contributed by atoms with van der Waals surface area (Å²) in [5.41, 5.74) is -0.806. The lowest BCUT2D eigenvalue weighted by Gasteiger charge is -2.23. The summed E-state index contributed by atoms with van der Waals surface area (Å²) < 4.78 is 10.3. The lowest BCUT2D eigenvalue weighted by molar-refractivity contribution is 0.0488. The number of alkyl carbamates (subject to hydrolysis) is 1. The molecule has 0 radical (unpaired) electrons. The molecular formula is C14H22N2O5. The van der Waals surface area contributed by atoms with Gasteiger partial charge in [0.2, 0.25) is 5.89 Å². The first-order chi connectivity index (χ1) is 9.58. The van der Waals surface area contributed by atoms with Crippen molar-refractivity contribution in [2.45, 2.75) is 52.7 Å². The van der Waals surface area contributed by atoms with Crippen molar-refractivity contribution in [3.8, 4) is 0 Å². The number of oxazole rings is 1. The van der Waals surface area contributed by atoms with Gasteiger partial charge in [0.25, 0.3) is 0 Å². The van der Waals surface area contributed by atoms with E-state index < -0.39 is 23.7 Å². The van der Waals surface area contributed by atoms with Gasteiger partial charge in [-0.05, 0) is 33.1 Å². The molecule has 1 atom stereocenters. The summed E-state index contributed by atoms with van der Waals surface area (Å²) in [7, 11) is 0. The average Bonchev–Trinajstić information content (AvgIpc) is 2.73. The minimum absolute atomic E-state index is 0.159. The summed E-state index contributed by atoms with van der Waals surface area (Å²) in [6.07, 6.45) is 1.02. The van der Waals surface area contributed by atoms with Gasteiger partial charge in [0, 0.05) is 0 Å². The van der Waals surface area contributed by atoms with Gasteiger partial charge >= 0.3 is 12.1 Å². The highest BCUT2D eigenvalue weighted by atomic mass is 16.6. The SMILES string of the molecule is CC(C)C[C@H](NC(=O)OC(C)(C)C)c1nc(C(=O)O)co1. The molecule has 1 aromatic heterocycles. The van der Waals surface area contributed by atoms with Gasteiger partial charge in [-0.1, -0.05) is 13.8 Å². The maximum atomic E-state index is 11.8. The van der Waals surface area contributed by atoms with Gasteiger partial charge in [-0.2, -0.15) is 0 Å². The summed E-state index contributed by atoms with van der Waals surface area (Å²) in [5.74, 6) is -0.761. The summed E-state index contributed by atoms with van der Waals surface area (Å²) in [4.78, 5) is 26.6. The highest BCUT2D eigenvalue weighted by Gasteiger charge is 2.25. The van der Waals surface area contributed by atoms with Crippen molar-refractivity contribution in [3.05, 3.63) is 17.8 Å². The first-order valence-electron chi connectivity index (χ1n) is 6.76. The number of amides is 1. The molecule has 2 N–H and O–H groups in total. The van der Waals surface area contributed by atoms with E-state index in [1.165, 1.54) is 0 Å². The number of aromatic nitrogens is 1. The van der Waals surface area contributed by atoms with Crippen molar-refractivity contribution in [2.75, 3.05) is 0 Å². The van der Waals surface area contributed by atoms with Crippen LogP contribution in [0.4, 0.5) is 4.79 Å². The molecule has 1 rings (SSSR count). The first kappa shape index (κ1) is 17.0. The molecule has 0 saturated carbocycles. The molecule has 0 saturated heterocycles.